The molecule has 0 saturated carbocycles. The Balaban J connectivity index is 2.14. The summed E-state index contributed by atoms with van der Waals surface area (Å²) in [5, 5.41) is 8.78. The van der Waals surface area contributed by atoms with Gasteiger partial charge in [-0.2, -0.15) is 0 Å². The molecule has 16 heavy (non-hydrogen) atoms. The number of aromatic nitrogens is 2. The Kier molecular flexibility index (Phi) is 3.21. The highest BCUT2D eigenvalue weighted by atomic mass is 16.5. The number of rotatable bonds is 3. The first-order chi connectivity index (χ1) is 7.70. The number of aromatic amines is 1. The summed E-state index contributed by atoms with van der Waals surface area (Å²) in [5.41, 5.74) is -0.867. The fourth-order valence-corrected chi connectivity index (χ4v) is 1.90. The SMILES string of the molecule is O=c1ccn([C@H]2CCC(CCO)O2)c(=O)[nH]1. The zero-order chi connectivity index (χ0) is 11.5. The third-order valence-electron chi connectivity index (χ3n) is 2.70. The molecule has 2 atom stereocenters. The molecule has 0 aromatic carbocycles. The molecule has 2 heterocycles. The molecule has 6 nitrogen and oxygen atoms in total. The smallest absolute Gasteiger partial charge is 0.330 e. The summed E-state index contributed by atoms with van der Waals surface area (Å²) in [6.07, 6.45) is 3.21. The van der Waals surface area contributed by atoms with Crippen molar-refractivity contribution in [2.24, 2.45) is 0 Å². The highest BCUT2D eigenvalue weighted by molar-refractivity contribution is 4.85. The van der Waals surface area contributed by atoms with E-state index in [9.17, 15) is 9.59 Å². The van der Waals surface area contributed by atoms with Gasteiger partial charge in [0.05, 0.1) is 6.10 Å². The molecule has 0 spiro atoms. The van der Waals surface area contributed by atoms with Crippen LogP contribution < -0.4 is 11.2 Å². The molecular weight excluding hydrogens is 212 g/mol. The molecule has 1 aliphatic rings. The van der Waals surface area contributed by atoms with Crippen LogP contribution in [0, 0.1) is 0 Å². The van der Waals surface area contributed by atoms with Crippen molar-refractivity contribution in [1.82, 2.24) is 9.55 Å². The Hall–Kier alpha value is -1.40. The summed E-state index contributed by atoms with van der Waals surface area (Å²) in [7, 11) is 0. The van der Waals surface area contributed by atoms with Gasteiger partial charge in [0, 0.05) is 18.9 Å². The number of hydrogen-bond donors (Lipinski definition) is 2. The van der Waals surface area contributed by atoms with Crippen molar-refractivity contribution < 1.29 is 9.84 Å². The first-order valence-corrected chi connectivity index (χ1v) is 5.28. The summed E-state index contributed by atoms with van der Waals surface area (Å²) >= 11 is 0. The number of ether oxygens (including phenoxy) is 1. The van der Waals surface area contributed by atoms with E-state index in [2.05, 4.69) is 4.98 Å². The summed E-state index contributed by atoms with van der Waals surface area (Å²) < 4.78 is 6.96. The Morgan fingerprint density at radius 1 is 1.50 bits per heavy atom. The highest BCUT2D eigenvalue weighted by Crippen LogP contribution is 2.28. The first kappa shape index (κ1) is 11.1. The molecule has 2 N–H and O–H groups in total. The Morgan fingerprint density at radius 2 is 2.31 bits per heavy atom. The van der Waals surface area contributed by atoms with Crippen LogP contribution in [0.2, 0.25) is 0 Å². The van der Waals surface area contributed by atoms with Crippen LogP contribution in [0.1, 0.15) is 25.5 Å². The fourth-order valence-electron chi connectivity index (χ4n) is 1.90. The zero-order valence-electron chi connectivity index (χ0n) is 8.76. The quantitative estimate of drug-likeness (QED) is 0.734. The lowest BCUT2D eigenvalue weighted by Gasteiger charge is -2.14. The number of nitrogens with zero attached hydrogens (tertiary/aromatic N) is 1. The average molecular weight is 226 g/mol. The molecule has 0 radical (unpaired) electrons. The van der Waals surface area contributed by atoms with Gasteiger partial charge < -0.3 is 9.84 Å². The zero-order valence-corrected chi connectivity index (χ0v) is 8.76. The van der Waals surface area contributed by atoms with Gasteiger partial charge in [-0.05, 0) is 19.3 Å². The van der Waals surface area contributed by atoms with E-state index in [1.807, 2.05) is 0 Å². The van der Waals surface area contributed by atoms with E-state index >= 15 is 0 Å². The second-order valence-electron chi connectivity index (χ2n) is 3.82. The van der Waals surface area contributed by atoms with Crippen molar-refractivity contribution in [3.05, 3.63) is 33.1 Å². The minimum Gasteiger partial charge on any atom is -0.396 e. The van der Waals surface area contributed by atoms with E-state index in [0.717, 1.165) is 12.8 Å². The van der Waals surface area contributed by atoms with Gasteiger partial charge in [-0.15, -0.1) is 0 Å². The predicted molar refractivity (Wildman–Crippen MR) is 56.2 cm³/mol. The lowest BCUT2D eigenvalue weighted by Crippen LogP contribution is -2.31. The number of aliphatic hydroxyl groups excluding tert-OH is 1. The van der Waals surface area contributed by atoms with Crippen molar-refractivity contribution in [2.75, 3.05) is 6.61 Å². The molecule has 1 fully saturated rings. The molecule has 0 aliphatic carbocycles. The van der Waals surface area contributed by atoms with Gasteiger partial charge in [0.2, 0.25) is 0 Å². The number of nitrogens with one attached hydrogen (secondary N) is 1. The van der Waals surface area contributed by atoms with Crippen molar-refractivity contribution in [1.29, 1.82) is 0 Å². The van der Waals surface area contributed by atoms with Crippen LogP contribution in [0.4, 0.5) is 0 Å². The Bertz CT molecular complexity index is 464. The fraction of sp³-hybridized carbons (Fsp3) is 0.600. The van der Waals surface area contributed by atoms with Crippen molar-refractivity contribution in [3.63, 3.8) is 0 Å². The van der Waals surface area contributed by atoms with Gasteiger partial charge in [-0.3, -0.25) is 14.3 Å². The third kappa shape index (κ3) is 2.23. The van der Waals surface area contributed by atoms with E-state index in [-0.39, 0.29) is 18.9 Å². The number of hydrogen-bond acceptors (Lipinski definition) is 4. The number of H-pyrrole nitrogens is 1. The second-order valence-corrected chi connectivity index (χ2v) is 3.82. The van der Waals surface area contributed by atoms with Crippen LogP contribution in [0.15, 0.2) is 21.9 Å². The molecular formula is C10H14N2O4. The maximum absolute atomic E-state index is 11.5. The molecule has 6 heteroatoms. The van der Waals surface area contributed by atoms with Gasteiger partial charge in [0.25, 0.3) is 5.56 Å². The molecule has 1 aromatic heterocycles. The summed E-state index contributed by atoms with van der Waals surface area (Å²) in [6, 6.07) is 1.30. The van der Waals surface area contributed by atoms with Gasteiger partial charge in [0.15, 0.2) is 0 Å². The lowest BCUT2D eigenvalue weighted by molar-refractivity contribution is -0.0102. The number of aliphatic hydroxyl groups is 1. The van der Waals surface area contributed by atoms with Crippen molar-refractivity contribution >= 4 is 0 Å². The van der Waals surface area contributed by atoms with Crippen LogP contribution >= 0.6 is 0 Å². The van der Waals surface area contributed by atoms with Crippen molar-refractivity contribution in [3.8, 4) is 0 Å². The Labute approximate surface area is 91.5 Å². The molecule has 1 aromatic rings. The highest BCUT2D eigenvalue weighted by Gasteiger charge is 2.26. The lowest BCUT2D eigenvalue weighted by atomic mass is 10.2. The topological polar surface area (TPSA) is 84.3 Å². The normalized spacial score (nSPS) is 24.8. The minimum absolute atomic E-state index is 0.00571. The van der Waals surface area contributed by atoms with Crippen molar-refractivity contribution in [2.45, 2.75) is 31.6 Å². The third-order valence-corrected chi connectivity index (χ3v) is 2.70. The monoisotopic (exact) mass is 226 g/mol. The molecule has 1 aliphatic heterocycles. The summed E-state index contributed by atoms with van der Waals surface area (Å²) in [4.78, 5) is 24.5. The summed E-state index contributed by atoms with van der Waals surface area (Å²) in [5.74, 6) is 0. The van der Waals surface area contributed by atoms with Gasteiger partial charge >= 0.3 is 5.69 Å². The largest absolute Gasteiger partial charge is 0.396 e. The van der Waals surface area contributed by atoms with E-state index in [1.165, 1.54) is 16.8 Å². The molecule has 1 saturated heterocycles. The van der Waals surface area contributed by atoms with Gasteiger partial charge in [-0.1, -0.05) is 0 Å². The maximum Gasteiger partial charge on any atom is 0.330 e. The van der Waals surface area contributed by atoms with E-state index < -0.39 is 11.2 Å². The Morgan fingerprint density at radius 3 is 3.00 bits per heavy atom. The van der Waals surface area contributed by atoms with E-state index in [1.54, 1.807) is 0 Å². The second kappa shape index (κ2) is 4.63. The first-order valence-electron chi connectivity index (χ1n) is 5.28. The predicted octanol–water partition coefficient (Wildman–Crippen LogP) is -0.403. The molecule has 0 amide bonds. The van der Waals surface area contributed by atoms with Crippen LogP contribution in [-0.2, 0) is 4.74 Å². The molecule has 88 valence electrons. The average Bonchev–Trinajstić information content (AvgIpc) is 2.67. The van der Waals surface area contributed by atoms with Gasteiger partial charge in [-0.25, -0.2) is 4.79 Å². The van der Waals surface area contributed by atoms with Crippen LogP contribution in [0.3, 0.4) is 0 Å². The standard InChI is InChI=1S/C10H14N2O4/c13-6-4-7-1-2-9(16-7)12-5-3-8(14)11-10(12)15/h3,5,7,9,13H,1-2,4,6H2,(H,11,14,15)/t7?,9-/m1/s1. The van der Waals surface area contributed by atoms with Crippen LogP contribution in [-0.4, -0.2) is 27.4 Å². The molecule has 0 bridgehead atoms. The van der Waals surface area contributed by atoms with Crippen LogP contribution in [0.25, 0.3) is 0 Å². The van der Waals surface area contributed by atoms with E-state index in [4.69, 9.17) is 9.84 Å². The minimum atomic E-state index is -0.456. The summed E-state index contributed by atoms with van der Waals surface area (Å²) in [6.45, 7) is 0.0813. The molecule has 1 unspecified atom stereocenters. The maximum atomic E-state index is 11.5. The molecule has 2 rings (SSSR count). The van der Waals surface area contributed by atoms with E-state index in [0.29, 0.717) is 6.42 Å². The van der Waals surface area contributed by atoms with Gasteiger partial charge in [0.1, 0.15) is 6.23 Å². The van der Waals surface area contributed by atoms with Crippen LogP contribution in [0.5, 0.6) is 0 Å².